The first-order chi connectivity index (χ1) is 12.2. The minimum Gasteiger partial charge on any atom is -0.496 e. The third-order valence-corrected chi connectivity index (χ3v) is 4.51. The number of rotatable bonds is 4. The molecule has 1 fully saturated rings. The fourth-order valence-electron chi connectivity index (χ4n) is 3.02. The number of hydrogen-bond donors (Lipinski definition) is 0. The predicted molar refractivity (Wildman–Crippen MR) is 102 cm³/mol. The lowest BCUT2D eigenvalue weighted by Gasteiger charge is -2.29. The van der Waals surface area contributed by atoms with Gasteiger partial charge in [0.2, 0.25) is 0 Å². The summed E-state index contributed by atoms with van der Waals surface area (Å²) in [6.07, 6.45) is 3.69. The maximum atomic E-state index is 13.2. The number of likely N-dealkylation sites (tertiary alicyclic amines) is 1. The van der Waals surface area contributed by atoms with E-state index in [-0.39, 0.29) is 5.91 Å². The number of benzene rings is 2. The molecule has 25 heavy (non-hydrogen) atoms. The molecule has 3 rings (SSSR count). The molecule has 0 unspecified atom stereocenters. The Morgan fingerprint density at radius 1 is 1.04 bits per heavy atom. The monoisotopic (exact) mass is 333 g/mol. The molecule has 0 aromatic heterocycles. The van der Waals surface area contributed by atoms with Crippen molar-refractivity contribution in [3.8, 4) is 5.75 Å². The molecule has 3 heteroatoms. The van der Waals surface area contributed by atoms with Crippen molar-refractivity contribution in [2.24, 2.45) is 0 Å². The first kappa shape index (κ1) is 17.0. The number of piperidine rings is 1. The van der Waals surface area contributed by atoms with Crippen LogP contribution in [0.1, 0.15) is 24.0 Å². The molecular formula is C22H23NO2. The molecule has 1 aliphatic rings. The van der Waals surface area contributed by atoms with E-state index in [2.05, 4.69) is 6.58 Å². The number of nitrogens with zero attached hydrogens (tertiary/aromatic N) is 1. The van der Waals surface area contributed by atoms with Crippen molar-refractivity contribution < 1.29 is 9.53 Å². The highest BCUT2D eigenvalue weighted by atomic mass is 16.5. The lowest BCUT2D eigenvalue weighted by atomic mass is 9.99. The minimum atomic E-state index is 0.0598. The lowest BCUT2D eigenvalue weighted by molar-refractivity contribution is -0.125. The van der Waals surface area contributed by atoms with Gasteiger partial charge < -0.3 is 9.64 Å². The summed E-state index contributed by atoms with van der Waals surface area (Å²) in [6.45, 7) is 5.49. The van der Waals surface area contributed by atoms with Crippen LogP contribution < -0.4 is 4.74 Å². The molecule has 1 amide bonds. The number of para-hydroxylation sites is 1. The first-order valence-corrected chi connectivity index (χ1v) is 8.55. The summed E-state index contributed by atoms with van der Waals surface area (Å²) in [6, 6.07) is 17.6. The second-order valence-electron chi connectivity index (χ2n) is 6.21. The van der Waals surface area contributed by atoms with Crippen molar-refractivity contribution in [3.05, 3.63) is 77.9 Å². The maximum absolute atomic E-state index is 13.2. The van der Waals surface area contributed by atoms with E-state index < -0.39 is 0 Å². The SMILES string of the molecule is C=C1CCN(C(=O)/C(=C/c2ccccc2OC)c2ccccc2)CC1. The van der Waals surface area contributed by atoms with Crippen molar-refractivity contribution in [3.63, 3.8) is 0 Å². The van der Waals surface area contributed by atoms with Gasteiger partial charge in [0.1, 0.15) is 5.75 Å². The summed E-state index contributed by atoms with van der Waals surface area (Å²) in [7, 11) is 1.65. The molecule has 0 aliphatic carbocycles. The van der Waals surface area contributed by atoms with Crippen molar-refractivity contribution >= 4 is 17.6 Å². The highest BCUT2D eigenvalue weighted by Crippen LogP contribution is 2.27. The van der Waals surface area contributed by atoms with Gasteiger partial charge in [0.15, 0.2) is 0 Å². The fourth-order valence-corrected chi connectivity index (χ4v) is 3.02. The molecule has 0 radical (unpaired) electrons. The summed E-state index contributed by atoms with van der Waals surface area (Å²) in [4.78, 5) is 15.1. The summed E-state index contributed by atoms with van der Waals surface area (Å²) in [5, 5.41) is 0. The summed E-state index contributed by atoms with van der Waals surface area (Å²) in [5.41, 5.74) is 3.73. The van der Waals surface area contributed by atoms with Gasteiger partial charge in [0.05, 0.1) is 7.11 Å². The molecule has 128 valence electrons. The number of hydrogen-bond acceptors (Lipinski definition) is 2. The van der Waals surface area contributed by atoms with Gasteiger partial charge in [-0.25, -0.2) is 0 Å². The van der Waals surface area contributed by atoms with Crippen LogP contribution >= 0.6 is 0 Å². The Morgan fingerprint density at radius 2 is 1.68 bits per heavy atom. The van der Waals surface area contributed by atoms with Crippen LogP contribution in [0.2, 0.25) is 0 Å². The van der Waals surface area contributed by atoms with Crippen LogP contribution in [0.4, 0.5) is 0 Å². The topological polar surface area (TPSA) is 29.5 Å². The minimum absolute atomic E-state index is 0.0598. The Kier molecular flexibility index (Phi) is 5.34. The van der Waals surface area contributed by atoms with E-state index >= 15 is 0 Å². The Balaban J connectivity index is 2.00. The van der Waals surface area contributed by atoms with Gasteiger partial charge in [0, 0.05) is 24.2 Å². The average molecular weight is 333 g/mol. The number of methoxy groups -OCH3 is 1. The van der Waals surface area contributed by atoms with E-state index in [0.717, 1.165) is 42.8 Å². The van der Waals surface area contributed by atoms with Crippen LogP contribution in [0.5, 0.6) is 5.75 Å². The normalized spacial score (nSPS) is 15.2. The molecule has 1 aliphatic heterocycles. The number of amides is 1. The van der Waals surface area contributed by atoms with E-state index in [1.54, 1.807) is 7.11 Å². The standard InChI is InChI=1S/C22H23NO2/c1-17-12-14-23(15-13-17)22(24)20(18-8-4-3-5-9-18)16-19-10-6-7-11-21(19)25-2/h3-11,16H,1,12-15H2,2H3/b20-16+. The molecule has 2 aromatic rings. The van der Waals surface area contributed by atoms with Crippen LogP contribution in [0.15, 0.2) is 66.7 Å². The van der Waals surface area contributed by atoms with Gasteiger partial charge in [0.25, 0.3) is 5.91 Å². The molecule has 2 aromatic carbocycles. The number of ether oxygens (including phenoxy) is 1. The van der Waals surface area contributed by atoms with Gasteiger partial charge in [-0.05, 0) is 30.5 Å². The summed E-state index contributed by atoms with van der Waals surface area (Å²) >= 11 is 0. The number of carbonyl (C=O) groups excluding carboxylic acids is 1. The Labute approximate surface area is 149 Å². The van der Waals surface area contributed by atoms with E-state index in [9.17, 15) is 4.79 Å². The van der Waals surface area contributed by atoms with E-state index in [4.69, 9.17) is 4.74 Å². The maximum Gasteiger partial charge on any atom is 0.254 e. The first-order valence-electron chi connectivity index (χ1n) is 8.55. The molecule has 0 atom stereocenters. The molecule has 0 N–H and O–H groups in total. The van der Waals surface area contributed by atoms with E-state index in [0.29, 0.717) is 5.57 Å². The highest BCUT2D eigenvalue weighted by Gasteiger charge is 2.22. The third kappa shape index (κ3) is 4.00. The zero-order valence-corrected chi connectivity index (χ0v) is 14.6. The Bertz CT molecular complexity index is 783. The van der Waals surface area contributed by atoms with Crippen molar-refractivity contribution in [2.75, 3.05) is 20.2 Å². The molecule has 1 heterocycles. The highest BCUT2D eigenvalue weighted by molar-refractivity contribution is 6.24. The van der Waals surface area contributed by atoms with Crippen LogP contribution in [0, 0.1) is 0 Å². The number of carbonyl (C=O) groups is 1. The Morgan fingerprint density at radius 3 is 2.36 bits per heavy atom. The zero-order valence-electron chi connectivity index (χ0n) is 14.6. The largest absolute Gasteiger partial charge is 0.496 e. The molecule has 0 saturated carbocycles. The van der Waals surface area contributed by atoms with Gasteiger partial charge >= 0.3 is 0 Å². The van der Waals surface area contributed by atoms with Crippen LogP contribution in [-0.4, -0.2) is 31.0 Å². The average Bonchev–Trinajstić information content (AvgIpc) is 2.67. The molecule has 1 saturated heterocycles. The van der Waals surface area contributed by atoms with Crippen LogP contribution in [0.25, 0.3) is 11.6 Å². The van der Waals surface area contributed by atoms with Crippen molar-refractivity contribution in [1.82, 2.24) is 4.90 Å². The molecule has 0 spiro atoms. The zero-order chi connectivity index (χ0) is 17.6. The van der Waals surface area contributed by atoms with Crippen LogP contribution in [-0.2, 0) is 4.79 Å². The quantitative estimate of drug-likeness (QED) is 0.471. The predicted octanol–water partition coefficient (Wildman–Crippen LogP) is 4.41. The smallest absolute Gasteiger partial charge is 0.254 e. The third-order valence-electron chi connectivity index (χ3n) is 4.51. The second-order valence-corrected chi connectivity index (χ2v) is 6.21. The molecular weight excluding hydrogens is 310 g/mol. The van der Waals surface area contributed by atoms with E-state index in [1.807, 2.05) is 65.6 Å². The second kappa shape index (κ2) is 7.84. The van der Waals surface area contributed by atoms with Crippen LogP contribution in [0.3, 0.4) is 0 Å². The van der Waals surface area contributed by atoms with Gasteiger partial charge in [-0.3, -0.25) is 4.79 Å². The van der Waals surface area contributed by atoms with Gasteiger partial charge in [-0.2, -0.15) is 0 Å². The lowest BCUT2D eigenvalue weighted by Crippen LogP contribution is -2.36. The summed E-state index contributed by atoms with van der Waals surface area (Å²) in [5.74, 6) is 0.820. The summed E-state index contributed by atoms with van der Waals surface area (Å²) < 4.78 is 5.44. The van der Waals surface area contributed by atoms with Crippen molar-refractivity contribution in [2.45, 2.75) is 12.8 Å². The fraction of sp³-hybridized carbons (Fsp3) is 0.227. The van der Waals surface area contributed by atoms with E-state index in [1.165, 1.54) is 5.57 Å². The van der Waals surface area contributed by atoms with Gasteiger partial charge in [-0.1, -0.05) is 60.7 Å². The van der Waals surface area contributed by atoms with Crippen molar-refractivity contribution in [1.29, 1.82) is 0 Å². The Hall–Kier alpha value is -2.81. The van der Waals surface area contributed by atoms with Gasteiger partial charge in [-0.15, -0.1) is 0 Å². The molecule has 0 bridgehead atoms. The molecule has 3 nitrogen and oxygen atoms in total.